The van der Waals surface area contributed by atoms with Gasteiger partial charge < -0.3 is 5.32 Å². The molecule has 1 N–H and O–H groups in total. The highest BCUT2D eigenvalue weighted by atomic mass is 79.9. The van der Waals surface area contributed by atoms with Crippen LogP contribution >= 0.6 is 15.9 Å². The van der Waals surface area contributed by atoms with E-state index in [9.17, 15) is 4.79 Å². The van der Waals surface area contributed by atoms with Crippen LogP contribution in [0.5, 0.6) is 0 Å². The molecule has 1 aliphatic carbocycles. The Morgan fingerprint density at radius 1 is 1.32 bits per heavy atom. The zero-order chi connectivity index (χ0) is 13.9. The predicted molar refractivity (Wildman–Crippen MR) is 82.0 cm³/mol. The lowest BCUT2D eigenvalue weighted by Crippen LogP contribution is -2.40. The van der Waals surface area contributed by atoms with Gasteiger partial charge in [0.05, 0.1) is 0 Å². The van der Waals surface area contributed by atoms with Crippen LogP contribution in [-0.2, 0) is 11.2 Å². The normalized spacial score (nSPS) is 15.9. The average molecular weight is 324 g/mol. The summed E-state index contributed by atoms with van der Waals surface area (Å²) in [6.45, 7) is 5.16. The van der Waals surface area contributed by atoms with Crippen molar-refractivity contribution < 1.29 is 4.79 Å². The fraction of sp³-hybridized carbons (Fsp3) is 0.562. The molecular weight excluding hydrogens is 302 g/mol. The number of benzene rings is 1. The second-order valence-electron chi connectivity index (χ2n) is 6.31. The van der Waals surface area contributed by atoms with E-state index in [2.05, 4.69) is 59.4 Å². The molecule has 2 rings (SSSR count). The molecule has 0 radical (unpaired) electrons. The van der Waals surface area contributed by atoms with Crippen LogP contribution in [-0.4, -0.2) is 12.5 Å². The molecular formula is C16H22BrNO. The SMILES string of the molecule is CC(C)(CNC(=O)C1CCC1)Cc1ccc(Br)cc1. The van der Waals surface area contributed by atoms with Crippen LogP contribution in [0.15, 0.2) is 28.7 Å². The smallest absolute Gasteiger partial charge is 0.223 e. The number of carbonyl (C=O) groups is 1. The van der Waals surface area contributed by atoms with Gasteiger partial charge in [-0.05, 0) is 42.4 Å². The topological polar surface area (TPSA) is 29.1 Å². The van der Waals surface area contributed by atoms with Crippen molar-refractivity contribution in [2.24, 2.45) is 11.3 Å². The zero-order valence-electron chi connectivity index (χ0n) is 11.7. The molecule has 0 unspecified atom stereocenters. The van der Waals surface area contributed by atoms with Gasteiger partial charge in [-0.1, -0.05) is 48.3 Å². The second-order valence-corrected chi connectivity index (χ2v) is 7.23. The van der Waals surface area contributed by atoms with E-state index in [0.717, 1.165) is 30.3 Å². The Labute approximate surface area is 124 Å². The Morgan fingerprint density at radius 3 is 2.47 bits per heavy atom. The van der Waals surface area contributed by atoms with E-state index in [4.69, 9.17) is 0 Å². The highest BCUT2D eigenvalue weighted by Gasteiger charge is 2.27. The Bertz CT molecular complexity index is 435. The van der Waals surface area contributed by atoms with Crippen molar-refractivity contribution in [3.05, 3.63) is 34.3 Å². The molecule has 0 heterocycles. The fourth-order valence-electron chi connectivity index (χ4n) is 2.36. The number of halogens is 1. The monoisotopic (exact) mass is 323 g/mol. The molecule has 0 saturated heterocycles. The van der Waals surface area contributed by atoms with E-state index in [-0.39, 0.29) is 17.2 Å². The van der Waals surface area contributed by atoms with Gasteiger partial charge in [0.25, 0.3) is 0 Å². The Morgan fingerprint density at radius 2 is 1.95 bits per heavy atom. The quantitative estimate of drug-likeness (QED) is 0.873. The minimum Gasteiger partial charge on any atom is -0.355 e. The first-order valence-corrected chi connectivity index (χ1v) is 7.78. The lowest BCUT2D eigenvalue weighted by atomic mass is 9.83. The maximum absolute atomic E-state index is 11.9. The molecule has 0 spiro atoms. The molecule has 1 fully saturated rings. The first-order chi connectivity index (χ1) is 8.96. The van der Waals surface area contributed by atoms with Gasteiger partial charge in [-0.3, -0.25) is 4.79 Å². The highest BCUT2D eigenvalue weighted by molar-refractivity contribution is 9.10. The van der Waals surface area contributed by atoms with Gasteiger partial charge >= 0.3 is 0 Å². The molecule has 19 heavy (non-hydrogen) atoms. The summed E-state index contributed by atoms with van der Waals surface area (Å²) in [7, 11) is 0. The molecule has 1 aromatic carbocycles. The van der Waals surface area contributed by atoms with Crippen LogP contribution in [0.2, 0.25) is 0 Å². The minimum atomic E-state index is 0.0905. The third kappa shape index (κ3) is 4.34. The molecule has 3 heteroatoms. The molecule has 104 valence electrons. The Balaban J connectivity index is 1.83. The Kier molecular flexibility index (Phi) is 4.67. The molecule has 1 saturated carbocycles. The van der Waals surface area contributed by atoms with Crippen LogP contribution in [0.25, 0.3) is 0 Å². The number of rotatable bonds is 5. The van der Waals surface area contributed by atoms with E-state index >= 15 is 0 Å². The van der Waals surface area contributed by atoms with Crippen LogP contribution in [0.3, 0.4) is 0 Å². The van der Waals surface area contributed by atoms with Crippen molar-refractivity contribution in [1.82, 2.24) is 5.32 Å². The summed E-state index contributed by atoms with van der Waals surface area (Å²) in [5.41, 5.74) is 1.40. The number of carbonyl (C=O) groups excluding carboxylic acids is 1. The van der Waals surface area contributed by atoms with Crippen LogP contribution in [0.1, 0.15) is 38.7 Å². The fourth-order valence-corrected chi connectivity index (χ4v) is 2.62. The maximum Gasteiger partial charge on any atom is 0.223 e. The van der Waals surface area contributed by atoms with E-state index < -0.39 is 0 Å². The number of hydrogen-bond donors (Lipinski definition) is 1. The average Bonchev–Trinajstić information content (AvgIpc) is 2.27. The van der Waals surface area contributed by atoms with Gasteiger partial charge in [0, 0.05) is 16.9 Å². The second kappa shape index (κ2) is 6.08. The van der Waals surface area contributed by atoms with Gasteiger partial charge in [0.15, 0.2) is 0 Å². The van der Waals surface area contributed by atoms with Crippen molar-refractivity contribution in [3.63, 3.8) is 0 Å². The van der Waals surface area contributed by atoms with Crippen molar-refractivity contribution in [3.8, 4) is 0 Å². The molecule has 1 aliphatic rings. The molecule has 1 aromatic rings. The first-order valence-electron chi connectivity index (χ1n) is 6.98. The van der Waals surface area contributed by atoms with Crippen molar-refractivity contribution in [1.29, 1.82) is 0 Å². The summed E-state index contributed by atoms with van der Waals surface area (Å²) in [6.07, 6.45) is 4.32. The lowest BCUT2D eigenvalue weighted by molar-refractivity contribution is -0.127. The van der Waals surface area contributed by atoms with E-state index in [1.165, 1.54) is 12.0 Å². The van der Waals surface area contributed by atoms with Gasteiger partial charge in [-0.2, -0.15) is 0 Å². The van der Waals surface area contributed by atoms with E-state index in [1.54, 1.807) is 0 Å². The molecule has 0 bridgehead atoms. The van der Waals surface area contributed by atoms with Gasteiger partial charge in [-0.15, -0.1) is 0 Å². The van der Waals surface area contributed by atoms with E-state index in [0.29, 0.717) is 0 Å². The summed E-state index contributed by atoms with van der Waals surface area (Å²) in [4.78, 5) is 11.9. The molecule has 2 nitrogen and oxygen atoms in total. The first kappa shape index (κ1) is 14.6. The minimum absolute atomic E-state index is 0.0905. The predicted octanol–water partition coefficient (Wildman–Crippen LogP) is 3.93. The number of nitrogens with one attached hydrogen (secondary N) is 1. The Hall–Kier alpha value is -0.830. The summed E-state index contributed by atoms with van der Waals surface area (Å²) in [5, 5.41) is 3.11. The third-order valence-electron chi connectivity index (χ3n) is 3.81. The van der Waals surface area contributed by atoms with Crippen LogP contribution in [0.4, 0.5) is 0 Å². The van der Waals surface area contributed by atoms with Crippen molar-refractivity contribution >= 4 is 21.8 Å². The summed E-state index contributed by atoms with van der Waals surface area (Å²) in [5.74, 6) is 0.526. The largest absolute Gasteiger partial charge is 0.355 e. The summed E-state index contributed by atoms with van der Waals surface area (Å²) >= 11 is 3.45. The zero-order valence-corrected chi connectivity index (χ0v) is 13.3. The molecule has 0 atom stereocenters. The van der Waals surface area contributed by atoms with Crippen LogP contribution < -0.4 is 5.32 Å². The highest BCUT2D eigenvalue weighted by Crippen LogP contribution is 2.27. The lowest BCUT2D eigenvalue weighted by Gasteiger charge is -2.29. The van der Waals surface area contributed by atoms with Crippen LogP contribution in [0, 0.1) is 11.3 Å². The maximum atomic E-state index is 11.9. The van der Waals surface area contributed by atoms with Gasteiger partial charge in [0.2, 0.25) is 5.91 Å². The molecule has 0 aliphatic heterocycles. The van der Waals surface area contributed by atoms with Crippen molar-refractivity contribution in [2.75, 3.05) is 6.54 Å². The number of hydrogen-bond acceptors (Lipinski definition) is 1. The molecule has 0 aromatic heterocycles. The standard InChI is InChI=1S/C16H22BrNO/c1-16(2,10-12-6-8-14(17)9-7-12)11-18-15(19)13-4-3-5-13/h6-9,13H,3-5,10-11H2,1-2H3,(H,18,19). The summed E-state index contributed by atoms with van der Waals surface area (Å²) in [6, 6.07) is 8.41. The van der Waals surface area contributed by atoms with Gasteiger partial charge in [-0.25, -0.2) is 0 Å². The number of amides is 1. The van der Waals surface area contributed by atoms with Crippen molar-refractivity contribution in [2.45, 2.75) is 39.5 Å². The summed E-state index contributed by atoms with van der Waals surface area (Å²) < 4.78 is 1.10. The third-order valence-corrected chi connectivity index (χ3v) is 4.34. The molecule has 1 amide bonds. The van der Waals surface area contributed by atoms with Gasteiger partial charge in [0.1, 0.15) is 0 Å². The van der Waals surface area contributed by atoms with E-state index in [1.807, 2.05) is 0 Å².